The molecule has 0 aromatic carbocycles. The first kappa shape index (κ1) is 9.75. The molecule has 2 N–H and O–H groups in total. The van der Waals surface area contributed by atoms with E-state index in [9.17, 15) is 0 Å². The van der Waals surface area contributed by atoms with Crippen LogP contribution in [-0.2, 0) is 0 Å². The Hall–Kier alpha value is -0.340. The fourth-order valence-corrected chi connectivity index (χ4v) is 1.98. The molecule has 0 saturated heterocycles. The largest absolute Gasteiger partial charge is 0.330 e. The molecule has 2 heteroatoms. The third-order valence-corrected chi connectivity index (χ3v) is 2.55. The van der Waals surface area contributed by atoms with Crippen molar-refractivity contribution in [1.29, 1.82) is 0 Å². The highest BCUT2D eigenvalue weighted by Crippen LogP contribution is 2.30. The fourth-order valence-electron chi connectivity index (χ4n) is 1.98. The van der Waals surface area contributed by atoms with Crippen LogP contribution in [0.4, 0.5) is 0 Å². The van der Waals surface area contributed by atoms with E-state index in [-0.39, 0.29) is 5.41 Å². The molecule has 0 amide bonds. The SMILES string of the molecule is CN(C)CC1(CN)C=CCCC1. The Morgan fingerprint density at radius 1 is 1.50 bits per heavy atom. The van der Waals surface area contributed by atoms with Crippen molar-refractivity contribution in [2.45, 2.75) is 19.3 Å². The molecule has 1 atom stereocenters. The van der Waals surface area contributed by atoms with Gasteiger partial charge >= 0.3 is 0 Å². The van der Waals surface area contributed by atoms with Gasteiger partial charge < -0.3 is 10.6 Å². The molecule has 1 rings (SSSR count). The maximum absolute atomic E-state index is 5.81. The zero-order chi connectivity index (χ0) is 9.03. The standard InChI is InChI=1S/C10H20N2/c1-12(2)9-10(8-11)6-4-3-5-7-10/h4,6H,3,5,7-9,11H2,1-2H3. The van der Waals surface area contributed by atoms with E-state index in [4.69, 9.17) is 5.73 Å². The lowest BCUT2D eigenvalue weighted by atomic mass is 9.78. The average molecular weight is 168 g/mol. The lowest BCUT2D eigenvalue weighted by molar-refractivity contribution is 0.233. The van der Waals surface area contributed by atoms with Gasteiger partial charge in [-0.2, -0.15) is 0 Å². The molecule has 1 aliphatic rings. The van der Waals surface area contributed by atoms with Gasteiger partial charge in [0.05, 0.1) is 0 Å². The van der Waals surface area contributed by atoms with Crippen LogP contribution < -0.4 is 5.73 Å². The smallest absolute Gasteiger partial charge is 0.0132 e. The van der Waals surface area contributed by atoms with E-state index >= 15 is 0 Å². The summed E-state index contributed by atoms with van der Waals surface area (Å²) in [5.41, 5.74) is 6.07. The van der Waals surface area contributed by atoms with Gasteiger partial charge in [-0.05, 0) is 33.4 Å². The molecule has 2 nitrogen and oxygen atoms in total. The normalized spacial score (nSPS) is 29.7. The third kappa shape index (κ3) is 2.32. The molecule has 0 saturated carbocycles. The van der Waals surface area contributed by atoms with Crippen LogP contribution in [0.1, 0.15) is 19.3 Å². The molecule has 1 unspecified atom stereocenters. The molecular formula is C10H20N2. The van der Waals surface area contributed by atoms with Gasteiger partial charge in [-0.3, -0.25) is 0 Å². The summed E-state index contributed by atoms with van der Waals surface area (Å²) in [6.07, 6.45) is 8.37. The minimum atomic E-state index is 0.266. The van der Waals surface area contributed by atoms with E-state index in [0.29, 0.717) is 0 Å². The van der Waals surface area contributed by atoms with E-state index in [1.165, 1.54) is 19.3 Å². The van der Waals surface area contributed by atoms with Gasteiger partial charge in [0.25, 0.3) is 0 Å². The summed E-state index contributed by atoms with van der Waals surface area (Å²) >= 11 is 0. The fraction of sp³-hybridized carbons (Fsp3) is 0.800. The van der Waals surface area contributed by atoms with E-state index in [1.54, 1.807) is 0 Å². The molecular weight excluding hydrogens is 148 g/mol. The maximum Gasteiger partial charge on any atom is 0.0132 e. The summed E-state index contributed by atoms with van der Waals surface area (Å²) in [5.74, 6) is 0. The molecule has 0 aromatic rings. The number of nitrogens with two attached hydrogens (primary N) is 1. The minimum absolute atomic E-state index is 0.266. The van der Waals surface area contributed by atoms with Gasteiger partial charge in [0.2, 0.25) is 0 Å². The predicted octanol–water partition coefficient (Wildman–Crippen LogP) is 1.23. The lowest BCUT2D eigenvalue weighted by Crippen LogP contribution is -2.39. The van der Waals surface area contributed by atoms with Gasteiger partial charge in [-0.1, -0.05) is 12.2 Å². The summed E-state index contributed by atoms with van der Waals surface area (Å²) in [6, 6.07) is 0. The Bertz CT molecular complexity index is 163. The Morgan fingerprint density at radius 3 is 2.67 bits per heavy atom. The monoisotopic (exact) mass is 168 g/mol. The van der Waals surface area contributed by atoms with E-state index in [2.05, 4.69) is 31.1 Å². The number of allylic oxidation sites excluding steroid dienone is 1. The van der Waals surface area contributed by atoms with E-state index in [0.717, 1.165) is 13.1 Å². The zero-order valence-corrected chi connectivity index (χ0v) is 8.21. The first-order chi connectivity index (χ1) is 5.68. The highest BCUT2D eigenvalue weighted by Gasteiger charge is 2.27. The van der Waals surface area contributed by atoms with Crippen LogP contribution >= 0.6 is 0 Å². The molecule has 0 heterocycles. The number of hydrogen-bond acceptors (Lipinski definition) is 2. The minimum Gasteiger partial charge on any atom is -0.330 e. The Labute approximate surface area is 75.4 Å². The summed E-state index contributed by atoms with van der Waals surface area (Å²) in [5, 5.41) is 0. The van der Waals surface area contributed by atoms with Crippen molar-refractivity contribution in [3.8, 4) is 0 Å². The van der Waals surface area contributed by atoms with Crippen LogP contribution in [0.5, 0.6) is 0 Å². The zero-order valence-electron chi connectivity index (χ0n) is 8.21. The van der Waals surface area contributed by atoms with Crippen molar-refractivity contribution in [2.75, 3.05) is 27.2 Å². The van der Waals surface area contributed by atoms with Crippen LogP contribution in [0.15, 0.2) is 12.2 Å². The van der Waals surface area contributed by atoms with Crippen LogP contribution in [0.2, 0.25) is 0 Å². The second-order valence-electron chi connectivity index (χ2n) is 4.10. The molecule has 70 valence electrons. The molecule has 0 bridgehead atoms. The molecule has 0 fully saturated rings. The summed E-state index contributed by atoms with van der Waals surface area (Å²) < 4.78 is 0. The first-order valence-corrected chi connectivity index (χ1v) is 4.71. The predicted molar refractivity (Wildman–Crippen MR) is 53.0 cm³/mol. The first-order valence-electron chi connectivity index (χ1n) is 4.71. The molecule has 0 spiro atoms. The van der Waals surface area contributed by atoms with Crippen LogP contribution in [-0.4, -0.2) is 32.1 Å². The number of hydrogen-bond donors (Lipinski definition) is 1. The topological polar surface area (TPSA) is 29.3 Å². The highest BCUT2D eigenvalue weighted by molar-refractivity contribution is 5.05. The molecule has 0 radical (unpaired) electrons. The van der Waals surface area contributed by atoms with Gasteiger partial charge in [0.15, 0.2) is 0 Å². The van der Waals surface area contributed by atoms with E-state index in [1.807, 2.05) is 0 Å². The highest BCUT2D eigenvalue weighted by atomic mass is 15.1. The van der Waals surface area contributed by atoms with Crippen molar-refractivity contribution in [3.05, 3.63) is 12.2 Å². The van der Waals surface area contributed by atoms with Gasteiger partial charge in [0.1, 0.15) is 0 Å². The van der Waals surface area contributed by atoms with Gasteiger partial charge in [0, 0.05) is 18.5 Å². The van der Waals surface area contributed by atoms with Crippen molar-refractivity contribution in [2.24, 2.45) is 11.1 Å². The van der Waals surface area contributed by atoms with Crippen molar-refractivity contribution < 1.29 is 0 Å². The second kappa shape index (κ2) is 4.06. The lowest BCUT2D eigenvalue weighted by Gasteiger charge is -2.34. The maximum atomic E-state index is 5.81. The average Bonchev–Trinajstić information content (AvgIpc) is 2.05. The molecule has 12 heavy (non-hydrogen) atoms. The van der Waals surface area contributed by atoms with Crippen molar-refractivity contribution >= 4 is 0 Å². The molecule has 0 aliphatic heterocycles. The molecule has 1 aliphatic carbocycles. The van der Waals surface area contributed by atoms with Crippen LogP contribution in [0, 0.1) is 5.41 Å². The number of nitrogens with zero attached hydrogens (tertiary/aromatic N) is 1. The van der Waals surface area contributed by atoms with Crippen molar-refractivity contribution in [3.63, 3.8) is 0 Å². The van der Waals surface area contributed by atoms with Crippen molar-refractivity contribution in [1.82, 2.24) is 4.90 Å². The van der Waals surface area contributed by atoms with Crippen LogP contribution in [0.25, 0.3) is 0 Å². The van der Waals surface area contributed by atoms with Gasteiger partial charge in [-0.25, -0.2) is 0 Å². The van der Waals surface area contributed by atoms with E-state index < -0.39 is 0 Å². The molecule has 0 aromatic heterocycles. The Balaban J connectivity index is 2.60. The Morgan fingerprint density at radius 2 is 2.25 bits per heavy atom. The summed E-state index contributed by atoms with van der Waals surface area (Å²) in [4.78, 5) is 2.22. The van der Waals surface area contributed by atoms with Crippen LogP contribution in [0.3, 0.4) is 0 Å². The summed E-state index contributed by atoms with van der Waals surface area (Å²) in [6.45, 7) is 1.86. The Kier molecular flexibility index (Phi) is 3.29. The van der Waals surface area contributed by atoms with Gasteiger partial charge in [-0.15, -0.1) is 0 Å². The third-order valence-electron chi connectivity index (χ3n) is 2.55. The number of rotatable bonds is 3. The quantitative estimate of drug-likeness (QED) is 0.642. The second-order valence-corrected chi connectivity index (χ2v) is 4.10. The summed E-state index contributed by atoms with van der Waals surface area (Å²) in [7, 11) is 4.22.